The van der Waals surface area contributed by atoms with Crippen LogP contribution in [0, 0.1) is 18.7 Å². The number of aromatic amines is 1. The molecular weight excluding hydrogens is 601 g/mol. The number of ether oxygens (including phenoxy) is 2. The lowest BCUT2D eigenvalue weighted by Gasteiger charge is -2.20. The summed E-state index contributed by atoms with van der Waals surface area (Å²) in [6.45, 7) is 2.50. The van der Waals surface area contributed by atoms with Crippen molar-refractivity contribution in [1.29, 1.82) is 0 Å². The van der Waals surface area contributed by atoms with E-state index in [1.165, 1.54) is 36.1 Å². The molecule has 3 aromatic heterocycles. The smallest absolute Gasteiger partial charge is 0.387 e. The molecule has 0 radical (unpaired) electrons. The number of carbonyl (C=O) groups is 2. The van der Waals surface area contributed by atoms with Gasteiger partial charge in [0.15, 0.2) is 11.6 Å². The number of amides is 1. The maximum absolute atomic E-state index is 14.0. The van der Waals surface area contributed by atoms with E-state index in [4.69, 9.17) is 15.2 Å². The summed E-state index contributed by atoms with van der Waals surface area (Å²) in [6, 6.07) is 9.21. The number of carbonyl (C=O) groups excluding carboxylic acids is 2. The molecule has 0 bridgehead atoms. The van der Waals surface area contributed by atoms with Gasteiger partial charge in [-0.1, -0.05) is 25.1 Å². The SMILES string of the molecule is CCC(CCNC(C)=O)C1=C(OC(F)F)CC=c2cc(C(=O)c3cnn(-c4cnc(Oc5ccccc5F)cc4C)c3N)[nH]c2=C1. The predicted octanol–water partition coefficient (Wildman–Crippen LogP) is 4.66. The Morgan fingerprint density at radius 2 is 1.98 bits per heavy atom. The molecule has 1 unspecified atom stereocenters. The van der Waals surface area contributed by atoms with Crippen LogP contribution in [0.3, 0.4) is 0 Å². The average molecular weight is 635 g/mol. The molecule has 0 spiro atoms. The number of pyridine rings is 1. The highest BCUT2D eigenvalue weighted by Crippen LogP contribution is 2.29. The molecule has 1 aliphatic carbocycles. The molecule has 1 aliphatic rings. The third-order valence-corrected chi connectivity index (χ3v) is 7.67. The Hall–Kier alpha value is -5.33. The van der Waals surface area contributed by atoms with E-state index in [1.54, 1.807) is 43.3 Å². The number of benzene rings is 1. The third-order valence-electron chi connectivity index (χ3n) is 7.67. The first kappa shape index (κ1) is 32.1. The van der Waals surface area contributed by atoms with Crippen molar-refractivity contribution in [3.8, 4) is 17.3 Å². The number of aromatic nitrogens is 4. The second-order valence-electron chi connectivity index (χ2n) is 10.8. The molecule has 1 aromatic carbocycles. The fraction of sp³-hybridized carbons (Fsp3) is 0.273. The lowest BCUT2D eigenvalue weighted by atomic mass is 9.91. The van der Waals surface area contributed by atoms with Crippen molar-refractivity contribution in [2.45, 2.75) is 46.6 Å². The fourth-order valence-corrected chi connectivity index (χ4v) is 5.34. The Labute approximate surface area is 262 Å². The highest BCUT2D eigenvalue weighted by molar-refractivity contribution is 6.10. The molecular formula is C33H33F3N6O4. The van der Waals surface area contributed by atoms with Crippen molar-refractivity contribution >= 4 is 29.7 Å². The summed E-state index contributed by atoms with van der Waals surface area (Å²) < 4.78 is 52.6. The van der Waals surface area contributed by atoms with E-state index in [0.29, 0.717) is 46.8 Å². The zero-order valence-corrected chi connectivity index (χ0v) is 25.4. The number of rotatable bonds is 12. The van der Waals surface area contributed by atoms with E-state index < -0.39 is 18.2 Å². The van der Waals surface area contributed by atoms with E-state index in [9.17, 15) is 22.8 Å². The first-order chi connectivity index (χ1) is 22.0. The van der Waals surface area contributed by atoms with E-state index in [-0.39, 0.29) is 52.7 Å². The summed E-state index contributed by atoms with van der Waals surface area (Å²) in [7, 11) is 0. The first-order valence-corrected chi connectivity index (χ1v) is 14.7. The molecule has 240 valence electrons. The van der Waals surface area contributed by atoms with Crippen molar-refractivity contribution in [1.82, 2.24) is 25.1 Å². The summed E-state index contributed by atoms with van der Waals surface area (Å²) in [4.78, 5) is 32.4. The number of ketones is 1. The molecule has 0 fully saturated rings. The molecule has 10 nitrogen and oxygen atoms in total. The number of anilines is 1. The number of fused-ring (bicyclic) bond motifs is 1. The van der Waals surface area contributed by atoms with Crippen molar-refractivity contribution in [3.05, 3.63) is 93.3 Å². The van der Waals surface area contributed by atoms with Crippen LogP contribution in [0.5, 0.6) is 11.6 Å². The van der Waals surface area contributed by atoms with Gasteiger partial charge in [-0.25, -0.2) is 14.1 Å². The number of halogens is 3. The Balaban J connectivity index is 1.43. The molecule has 1 amide bonds. The van der Waals surface area contributed by atoms with E-state index in [0.717, 1.165) is 0 Å². The Morgan fingerprint density at radius 3 is 2.67 bits per heavy atom. The minimum Gasteiger partial charge on any atom is -0.439 e. The largest absolute Gasteiger partial charge is 0.439 e. The van der Waals surface area contributed by atoms with Gasteiger partial charge in [0.2, 0.25) is 17.6 Å². The monoisotopic (exact) mass is 634 g/mol. The van der Waals surface area contributed by atoms with Crippen molar-refractivity contribution < 1.29 is 32.2 Å². The second kappa shape index (κ2) is 13.8. The van der Waals surface area contributed by atoms with E-state index in [2.05, 4.69) is 20.4 Å². The van der Waals surface area contributed by atoms with Gasteiger partial charge in [0, 0.05) is 31.3 Å². The predicted molar refractivity (Wildman–Crippen MR) is 165 cm³/mol. The third kappa shape index (κ3) is 6.98. The number of hydrogen-bond acceptors (Lipinski definition) is 7. The average Bonchev–Trinajstić information content (AvgIpc) is 3.55. The molecule has 46 heavy (non-hydrogen) atoms. The Morgan fingerprint density at radius 1 is 1.20 bits per heavy atom. The molecule has 0 saturated heterocycles. The summed E-state index contributed by atoms with van der Waals surface area (Å²) in [6.07, 6.45) is 7.49. The number of nitrogens with zero attached hydrogens (tertiary/aromatic N) is 3. The summed E-state index contributed by atoms with van der Waals surface area (Å²) in [5, 5.41) is 8.26. The second-order valence-corrected chi connectivity index (χ2v) is 10.8. The Bertz CT molecular complexity index is 1930. The number of nitrogen functional groups attached to an aromatic ring is 1. The minimum atomic E-state index is -3.00. The molecule has 3 heterocycles. The summed E-state index contributed by atoms with van der Waals surface area (Å²) in [5.74, 6) is -0.889. The number of aryl methyl sites for hydroxylation is 1. The maximum atomic E-state index is 14.0. The van der Waals surface area contributed by atoms with E-state index in [1.807, 2.05) is 6.92 Å². The van der Waals surface area contributed by atoms with Gasteiger partial charge >= 0.3 is 6.61 Å². The molecule has 1 atom stereocenters. The number of allylic oxidation sites excluding steroid dienone is 2. The number of nitrogens with two attached hydrogens (primary N) is 1. The molecule has 13 heteroatoms. The molecule has 0 saturated carbocycles. The molecule has 0 aliphatic heterocycles. The lowest BCUT2D eigenvalue weighted by molar-refractivity contribution is -0.119. The number of hydrogen-bond donors (Lipinski definition) is 3. The number of nitrogens with one attached hydrogen (secondary N) is 2. The van der Waals surface area contributed by atoms with Gasteiger partial charge in [0.1, 0.15) is 11.6 Å². The Kier molecular flexibility index (Phi) is 9.59. The zero-order chi connectivity index (χ0) is 33.0. The summed E-state index contributed by atoms with van der Waals surface area (Å²) in [5.41, 5.74) is 8.50. The number of alkyl halides is 2. The fourth-order valence-electron chi connectivity index (χ4n) is 5.34. The van der Waals surface area contributed by atoms with Crippen LogP contribution < -0.4 is 26.4 Å². The van der Waals surface area contributed by atoms with Crippen LogP contribution >= 0.6 is 0 Å². The number of para-hydroxylation sites is 1. The van der Waals surface area contributed by atoms with Gasteiger partial charge in [0.05, 0.1) is 29.3 Å². The topological polar surface area (TPSA) is 137 Å². The van der Waals surface area contributed by atoms with Crippen LogP contribution in [0.4, 0.5) is 19.0 Å². The zero-order valence-electron chi connectivity index (χ0n) is 25.4. The van der Waals surface area contributed by atoms with Gasteiger partial charge in [-0.2, -0.15) is 13.9 Å². The van der Waals surface area contributed by atoms with Crippen LogP contribution in [0.1, 0.15) is 54.7 Å². The quantitative estimate of drug-likeness (QED) is 0.193. The number of H-pyrrole nitrogens is 1. The minimum absolute atomic E-state index is 0.0306. The van der Waals surface area contributed by atoms with Gasteiger partial charge in [0.25, 0.3) is 0 Å². The molecule has 4 aromatic rings. The highest BCUT2D eigenvalue weighted by atomic mass is 19.3. The van der Waals surface area contributed by atoms with Gasteiger partial charge in [-0.15, -0.1) is 0 Å². The van der Waals surface area contributed by atoms with Gasteiger partial charge in [-0.05, 0) is 66.3 Å². The van der Waals surface area contributed by atoms with E-state index >= 15 is 0 Å². The standard InChI is InChI=1S/C33H33F3N6O4/c1-4-20(11-12-38-19(3)43)22-15-25-21(9-10-28(22)46-33(35)36)14-26(41-25)31(44)23-16-40-42(32(23)37)27-17-39-30(13-18(27)2)45-29-8-6-5-7-24(29)34/h5-9,13-17,20,33,41H,4,10-12,37H2,1-3H3,(H,38,43). The van der Waals surface area contributed by atoms with Crippen LogP contribution in [0.15, 0.2) is 60.1 Å². The molecule has 4 N–H and O–H groups in total. The lowest BCUT2D eigenvalue weighted by Crippen LogP contribution is -2.25. The summed E-state index contributed by atoms with van der Waals surface area (Å²) >= 11 is 0. The van der Waals surface area contributed by atoms with Crippen LogP contribution in [-0.4, -0.2) is 44.6 Å². The normalized spacial score (nSPS) is 13.4. The van der Waals surface area contributed by atoms with Crippen molar-refractivity contribution in [2.75, 3.05) is 12.3 Å². The van der Waals surface area contributed by atoms with Crippen LogP contribution in [0.2, 0.25) is 0 Å². The first-order valence-electron chi connectivity index (χ1n) is 14.7. The van der Waals surface area contributed by atoms with Crippen LogP contribution in [0.25, 0.3) is 17.8 Å². The highest BCUT2D eigenvalue weighted by Gasteiger charge is 2.23. The van der Waals surface area contributed by atoms with Crippen LogP contribution in [-0.2, 0) is 9.53 Å². The maximum Gasteiger partial charge on any atom is 0.387 e. The van der Waals surface area contributed by atoms with Gasteiger partial charge < -0.3 is 25.5 Å². The van der Waals surface area contributed by atoms with Crippen molar-refractivity contribution in [2.24, 2.45) is 5.92 Å². The molecule has 5 rings (SSSR count). The van der Waals surface area contributed by atoms with Crippen molar-refractivity contribution in [3.63, 3.8) is 0 Å². The van der Waals surface area contributed by atoms with Gasteiger partial charge in [-0.3, -0.25) is 9.59 Å².